The third-order valence-corrected chi connectivity index (χ3v) is 3.85. The molecule has 1 fully saturated rings. The van der Waals surface area contributed by atoms with Crippen LogP contribution in [0.15, 0.2) is 53.5 Å². The second-order valence-electron chi connectivity index (χ2n) is 5.54. The maximum Gasteiger partial charge on any atom is 0.265 e. The molecule has 110 valence electrons. The maximum absolute atomic E-state index is 12.4. The normalized spacial score (nSPS) is 23.1. The smallest absolute Gasteiger partial charge is 0.265 e. The Morgan fingerprint density at radius 2 is 2.00 bits per heavy atom. The molecular weight excluding hydrogens is 276 g/mol. The molecule has 0 aliphatic carbocycles. The molecule has 0 bridgehead atoms. The number of hydrogen-bond acceptors (Lipinski definition) is 4. The average Bonchev–Trinajstić information content (AvgIpc) is 3.33. The van der Waals surface area contributed by atoms with E-state index >= 15 is 0 Å². The Hall–Kier alpha value is -2.50. The summed E-state index contributed by atoms with van der Waals surface area (Å²) < 4.78 is 0. The number of carbonyl (C=O) groups excluding carboxylic acids is 1. The van der Waals surface area contributed by atoms with Crippen LogP contribution in [0.25, 0.3) is 0 Å². The van der Waals surface area contributed by atoms with Gasteiger partial charge < -0.3 is 5.32 Å². The zero-order chi connectivity index (χ0) is 15.1. The van der Waals surface area contributed by atoms with Gasteiger partial charge in [-0.25, -0.2) is 5.43 Å². The summed E-state index contributed by atoms with van der Waals surface area (Å²) in [5.41, 5.74) is 7.83. The molecule has 2 aromatic rings. The van der Waals surface area contributed by atoms with E-state index in [0.29, 0.717) is 6.67 Å². The van der Waals surface area contributed by atoms with E-state index < -0.39 is 6.17 Å². The second kappa shape index (κ2) is 5.05. The third-order valence-electron chi connectivity index (χ3n) is 3.85. The van der Waals surface area contributed by atoms with E-state index in [1.807, 2.05) is 41.4 Å². The van der Waals surface area contributed by atoms with Gasteiger partial charge in [0.25, 0.3) is 5.91 Å². The topological polar surface area (TPSA) is 66.4 Å². The van der Waals surface area contributed by atoms with Crippen molar-refractivity contribution in [1.29, 1.82) is 0 Å². The Kier molecular flexibility index (Phi) is 3.03. The van der Waals surface area contributed by atoms with Gasteiger partial charge in [0.05, 0.1) is 18.1 Å². The lowest BCUT2D eigenvalue weighted by molar-refractivity contribution is -0.119. The third kappa shape index (κ3) is 2.30. The summed E-state index contributed by atoms with van der Waals surface area (Å²) in [6, 6.07) is 16.0. The number of benzodiazepines with no additional fused rings is 1. The largest absolute Gasteiger partial charge is 0.322 e. The molecule has 5 nitrogen and oxygen atoms in total. The molecule has 5 heteroatoms. The molecule has 2 N–H and O–H groups in total. The minimum atomic E-state index is -0.539. The van der Waals surface area contributed by atoms with Crippen molar-refractivity contribution in [3.8, 4) is 0 Å². The molecule has 4 rings (SSSR count). The monoisotopic (exact) mass is 292 g/mol. The first-order valence-electron chi connectivity index (χ1n) is 7.27. The zero-order valence-electron chi connectivity index (χ0n) is 12.2. The minimum Gasteiger partial charge on any atom is -0.322 e. The molecule has 0 aromatic heterocycles. The summed E-state index contributed by atoms with van der Waals surface area (Å²) in [5.74, 6) is -0.111. The number of fused-ring (bicyclic) bond motifs is 1. The highest BCUT2D eigenvalue weighted by Gasteiger charge is 2.35. The molecule has 0 saturated carbocycles. The molecule has 2 heterocycles. The number of hydrazine groups is 1. The number of benzene rings is 2. The van der Waals surface area contributed by atoms with E-state index in [9.17, 15) is 4.79 Å². The van der Waals surface area contributed by atoms with E-state index in [2.05, 4.69) is 29.8 Å². The fraction of sp³-hybridized carbons (Fsp3) is 0.176. The van der Waals surface area contributed by atoms with E-state index in [-0.39, 0.29) is 5.91 Å². The number of hydrogen-bond donors (Lipinski definition) is 2. The standard InChI is InChI=1S/C17H16N4O/c1-11-5-4-6-12(9-11)15-13-7-2-3-8-14(13)19-17(22)16(20-15)21-10-18-21/h2-9,16,18H,10H2,1H3,(H,19,22). The van der Waals surface area contributed by atoms with Crippen LogP contribution < -0.4 is 10.7 Å². The molecule has 0 spiro atoms. The van der Waals surface area contributed by atoms with Gasteiger partial charge in [-0.2, -0.15) is 5.01 Å². The van der Waals surface area contributed by atoms with E-state index in [4.69, 9.17) is 4.99 Å². The van der Waals surface area contributed by atoms with Gasteiger partial charge in [-0.05, 0) is 19.1 Å². The van der Waals surface area contributed by atoms with E-state index in [1.165, 1.54) is 5.56 Å². The van der Waals surface area contributed by atoms with Crippen LogP contribution in [-0.4, -0.2) is 29.5 Å². The number of rotatable bonds is 2. The quantitative estimate of drug-likeness (QED) is 0.831. The first-order valence-corrected chi connectivity index (χ1v) is 7.27. The van der Waals surface area contributed by atoms with Crippen molar-refractivity contribution in [3.05, 3.63) is 65.2 Å². The lowest BCUT2D eigenvalue weighted by Gasteiger charge is -2.10. The van der Waals surface area contributed by atoms with Crippen molar-refractivity contribution < 1.29 is 4.79 Å². The van der Waals surface area contributed by atoms with Gasteiger partial charge in [-0.3, -0.25) is 9.79 Å². The van der Waals surface area contributed by atoms with Crippen molar-refractivity contribution >= 4 is 17.3 Å². The number of nitrogens with one attached hydrogen (secondary N) is 2. The Balaban J connectivity index is 1.90. The molecule has 1 saturated heterocycles. The van der Waals surface area contributed by atoms with E-state index in [1.54, 1.807) is 0 Å². The van der Waals surface area contributed by atoms with Crippen LogP contribution in [0.2, 0.25) is 0 Å². The molecule has 1 amide bonds. The van der Waals surface area contributed by atoms with Gasteiger partial charge >= 0.3 is 0 Å². The summed E-state index contributed by atoms with van der Waals surface area (Å²) in [4.78, 5) is 17.1. The molecule has 2 aromatic carbocycles. The van der Waals surface area contributed by atoms with Crippen LogP contribution in [0.4, 0.5) is 5.69 Å². The summed E-state index contributed by atoms with van der Waals surface area (Å²) in [5, 5.41) is 4.79. The van der Waals surface area contributed by atoms with Crippen LogP contribution in [0, 0.1) is 6.92 Å². The van der Waals surface area contributed by atoms with Gasteiger partial charge in [0.1, 0.15) is 0 Å². The van der Waals surface area contributed by atoms with Crippen LogP contribution in [0.3, 0.4) is 0 Å². The van der Waals surface area contributed by atoms with Gasteiger partial charge in [-0.15, -0.1) is 0 Å². The average molecular weight is 292 g/mol. The fourth-order valence-electron chi connectivity index (χ4n) is 2.69. The van der Waals surface area contributed by atoms with Crippen LogP contribution in [0.5, 0.6) is 0 Å². The Labute approximate surface area is 128 Å². The summed E-state index contributed by atoms with van der Waals surface area (Å²) >= 11 is 0. The van der Waals surface area contributed by atoms with Crippen molar-refractivity contribution in [2.45, 2.75) is 13.1 Å². The summed E-state index contributed by atoms with van der Waals surface area (Å²) in [6.07, 6.45) is -0.539. The number of amides is 1. The SMILES string of the molecule is Cc1cccc(C2=NC(N3CN3)C(=O)Nc3ccccc32)c1. The molecular formula is C17H16N4O. The highest BCUT2D eigenvalue weighted by molar-refractivity contribution is 6.19. The number of para-hydroxylation sites is 1. The van der Waals surface area contributed by atoms with Crippen LogP contribution in [0.1, 0.15) is 16.7 Å². The number of nitrogens with zero attached hydrogens (tertiary/aromatic N) is 2. The first kappa shape index (κ1) is 13.2. The lowest BCUT2D eigenvalue weighted by Crippen LogP contribution is -2.33. The first-order chi connectivity index (χ1) is 10.7. The molecule has 2 atom stereocenters. The molecule has 2 aliphatic heterocycles. The van der Waals surface area contributed by atoms with Crippen molar-refractivity contribution in [2.24, 2.45) is 4.99 Å². The molecule has 22 heavy (non-hydrogen) atoms. The maximum atomic E-state index is 12.4. The Morgan fingerprint density at radius 1 is 1.18 bits per heavy atom. The second-order valence-corrected chi connectivity index (χ2v) is 5.54. The number of aliphatic imine (C=N–C) groups is 1. The van der Waals surface area contributed by atoms with Gasteiger partial charge in [-0.1, -0.05) is 42.0 Å². The molecule has 2 aliphatic rings. The van der Waals surface area contributed by atoms with Crippen LogP contribution >= 0.6 is 0 Å². The van der Waals surface area contributed by atoms with Gasteiger partial charge in [0, 0.05) is 11.1 Å². The molecule has 2 unspecified atom stereocenters. The predicted octanol–water partition coefficient (Wildman–Crippen LogP) is 1.89. The minimum absolute atomic E-state index is 0.111. The summed E-state index contributed by atoms with van der Waals surface area (Å²) in [7, 11) is 0. The highest BCUT2D eigenvalue weighted by atomic mass is 16.2. The summed E-state index contributed by atoms with van der Waals surface area (Å²) in [6.45, 7) is 2.73. The number of carbonyl (C=O) groups is 1. The lowest BCUT2D eigenvalue weighted by atomic mass is 9.99. The van der Waals surface area contributed by atoms with Gasteiger partial charge in [0.2, 0.25) is 0 Å². The number of anilines is 1. The van der Waals surface area contributed by atoms with E-state index in [0.717, 1.165) is 22.5 Å². The Bertz CT molecular complexity index is 780. The molecule has 0 radical (unpaired) electrons. The van der Waals surface area contributed by atoms with Crippen molar-refractivity contribution in [3.63, 3.8) is 0 Å². The van der Waals surface area contributed by atoms with Crippen molar-refractivity contribution in [2.75, 3.05) is 12.0 Å². The number of aryl methyl sites for hydroxylation is 1. The van der Waals surface area contributed by atoms with Crippen molar-refractivity contribution in [1.82, 2.24) is 10.4 Å². The highest BCUT2D eigenvalue weighted by Crippen LogP contribution is 2.25. The zero-order valence-corrected chi connectivity index (χ0v) is 12.2. The van der Waals surface area contributed by atoms with Crippen LogP contribution in [-0.2, 0) is 4.79 Å². The Morgan fingerprint density at radius 3 is 2.77 bits per heavy atom. The van der Waals surface area contributed by atoms with Gasteiger partial charge in [0.15, 0.2) is 6.17 Å². The predicted molar refractivity (Wildman–Crippen MR) is 85.5 cm³/mol. The fourth-order valence-corrected chi connectivity index (χ4v) is 2.69.